The lowest BCUT2D eigenvalue weighted by atomic mass is 9.99. The first-order valence-electron chi connectivity index (χ1n) is 5.41. The fraction of sp³-hybridized carbons (Fsp3) is 0.143. The van der Waals surface area contributed by atoms with Crippen molar-refractivity contribution in [3.8, 4) is 11.1 Å². The molecule has 0 aliphatic rings. The zero-order chi connectivity index (χ0) is 12.3. The lowest BCUT2D eigenvalue weighted by Gasteiger charge is -2.10. The van der Waals surface area contributed by atoms with Crippen LogP contribution in [0.2, 0.25) is 0 Å². The van der Waals surface area contributed by atoms with Crippen LogP contribution < -0.4 is 5.32 Å². The second-order valence-corrected chi connectivity index (χ2v) is 3.79. The van der Waals surface area contributed by atoms with E-state index in [2.05, 4.69) is 5.32 Å². The Bertz CT molecular complexity index is 523. The highest BCUT2D eigenvalue weighted by molar-refractivity contribution is 5.68. The van der Waals surface area contributed by atoms with E-state index in [1.807, 2.05) is 25.2 Å². The summed E-state index contributed by atoms with van der Waals surface area (Å²) in [6.45, 7) is 0.617. The molecule has 0 saturated carbocycles. The van der Waals surface area contributed by atoms with Crippen molar-refractivity contribution in [2.24, 2.45) is 0 Å². The monoisotopic (exact) mass is 233 g/mol. The molecule has 0 unspecified atom stereocenters. The molecule has 0 radical (unpaired) electrons. The Balaban J connectivity index is 2.56. The SMILES string of the molecule is CNCc1ccccc1-c1cccc(F)c1F. The molecule has 1 nitrogen and oxygen atoms in total. The van der Waals surface area contributed by atoms with Gasteiger partial charge in [0.25, 0.3) is 0 Å². The molecule has 0 spiro atoms. The molecule has 2 aromatic rings. The number of hydrogen-bond donors (Lipinski definition) is 1. The average Bonchev–Trinajstić information content (AvgIpc) is 2.34. The van der Waals surface area contributed by atoms with E-state index in [1.165, 1.54) is 6.07 Å². The highest BCUT2D eigenvalue weighted by atomic mass is 19.2. The van der Waals surface area contributed by atoms with E-state index in [0.717, 1.165) is 17.2 Å². The highest BCUT2D eigenvalue weighted by Gasteiger charge is 2.11. The summed E-state index contributed by atoms with van der Waals surface area (Å²) in [4.78, 5) is 0. The van der Waals surface area contributed by atoms with Gasteiger partial charge in [0.05, 0.1) is 0 Å². The van der Waals surface area contributed by atoms with E-state index < -0.39 is 11.6 Å². The lowest BCUT2D eigenvalue weighted by Crippen LogP contribution is -2.06. The second kappa shape index (κ2) is 5.06. The number of benzene rings is 2. The molecule has 0 aromatic heterocycles. The summed E-state index contributed by atoms with van der Waals surface area (Å²) in [5.41, 5.74) is 1.97. The Hall–Kier alpha value is -1.74. The van der Waals surface area contributed by atoms with Gasteiger partial charge in [0.15, 0.2) is 11.6 Å². The highest BCUT2D eigenvalue weighted by Crippen LogP contribution is 2.27. The second-order valence-electron chi connectivity index (χ2n) is 3.79. The van der Waals surface area contributed by atoms with Gasteiger partial charge in [-0.25, -0.2) is 8.78 Å². The van der Waals surface area contributed by atoms with E-state index >= 15 is 0 Å². The first-order chi connectivity index (χ1) is 8.24. The molecule has 0 heterocycles. The molecule has 3 heteroatoms. The van der Waals surface area contributed by atoms with Gasteiger partial charge in [0.2, 0.25) is 0 Å². The number of hydrogen-bond acceptors (Lipinski definition) is 1. The predicted octanol–water partition coefficient (Wildman–Crippen LogP) is 3.35. The van der Waals surface area contributed by atoms with Crippen LogP contribution in [0.3, 0.4) is 0 Å². The van der Waals surface area contributed by atoms with Crippen LogP contribution in [0.25, 0.3) is 11.1 Å². The maximum absolute atomic E-state index is 13.7. The summed E-state index contributed by atoms with van der Waals surface area (Å²) in [5, 5.41) is 3.01. The van der Waals surface area contributed by atoms with Crippen molar-refractivity contribution in [1.29, 1.82) is 0 Å². The van der Waals surface area contributed by atoms with Gasteiger partial charge >= 0.3 is 0 Å². The first kappa shape index (κ1) is 11.7. The molecule has 0 aliphatic carbocycles. The van der Waals surface area contributed by atoms with Gasteiger partial charge in [-0.05, 0) is 24.2 Å². The van der Waals surface area contributed by atoms with Crippen molar-refractivity contribution in [3.63, 3.8) is 0 Å². The van der Waals surface area contributed by atoms with Gasteiger partial charge in [-0.1, -0.05) is 36.4 Å². The minimum Gasteiger partial charge on any atom is -0.316 e. The standard InChI is InChI=1S/C14H13F2N/c1-17-9-10-5-2-3-6-11(10)12-7-4-8-13(15)14(12)16/h2-8,17H,9H2,1H3. The van der Waals surface area contributed by atoms with Crippen molar-refractivity contribution in [2.45, 2.75) is 6.54 Å². The van der Waals surface area contributed by atoms with Crippen molar-refractivity contribution in [1.82, 2.24) is 5.32 Å². The summed E-state index contributed by atoms with van der Waals surface area (Å²) in [6.07, 6.45) is 0. The zero-order valence-electron chi connectivity index (χ0n) is 9.50. The Morgan fingerprint density at radius 3 is 2.41 bits per heavy atom. The topological polar surface area (TPSA) is 12.0 Å². The minimum atomic E-state index is -0.818. The number of halogens is 2. The molecule has 2 aromatic carbocycles. The molecule has 0 bridgehead atoms. The van der Waals surface area contributed by atoms with Gasteiger partial charge in [-0.15, -0.1) is 0 Å². The van der Waals surface area contributed by atoms with Crippen LogP contribution in [-0.2, 0) is 6.54 Å². The third kappa shape index (κ3) is 2.34. The van der Waals surface area contributed by atoms with Gasteiger partial charge in [-0.2, -0.15) is 0 Å². The smallest absolute Gasteiger partial charge is 0.166 e. The molecule has 1 N–H and O–H groups in total. The maximum atomic E-state index is 13.7. The Labute approximate surface area is 99.1 Å². The molecule has 88 valence electrons. The van der Waals surface area contributed by atoms with Crippen LogP contribution in [-0.4, -0.2) is 7.05 Å². The molecule has 0 aliphatic heterocycles. The third-order valence-electron chi connectivity index (χ3n) is 2.63. The van der Waals surface area contributed by atoms with Crippen molar-refractivity contribution in [3.05, 3.63) is 59.7 Å². The van der Waals surface area contributed by atoms with Crippen LogP contribution in [0.15, 0.2) is 42.5 Å². The Morgan fingerprint density at radius 1 is 0.941 bits per heavy atom. The summed E-state index contributed by atoms with van der Waals surface area (Å²) in [5.74, 6) is -1.61. The Kier molecular flexibility index (Phi) is 3.49. The molecular weight excluding hydrogens is 220 g/mol. The minimum absolute atomic E-state index is 0.302. The summed E-state index contributed by atoms with van der Waals surface area (Å²) in [7, 11) is 1.82. The number of nitrogens with one attached hydrogen (secondary N) is 1. The fourth-order valence-corrected chi connectivity index (χ4v) is 1.84. The fourth-order valence-electron chi connectivity index (χ4n) is 1.84. The largest absolute Gasteiger partial charge is 0.316 e. The third-order valence-corrected chi connectivity index (χ3v) is 2.63. The van der Waals surface area contributed by atoms with Crippen LogP contribution in [0.4, 0.5) is 8.78 Å². The Morgan fingerprint density at radius 2 is 1.65 bits per heavy atom. The number of rotatable bonds is 3. The van der Waals surface area contributed by atoms with Crippen molar-refractivity contribution >= 4 is 0 Å². The lowest BCUT2D eigenvalue weighted by molar-refractivity contribution is 0.511. The maximum Gasteiger partial charge on any atom is 0.166 e. The summed E-state index contributed by atoms with van der Waals surface area (Å²) >= 11 is 0. The predicted molar refractivity (Wildman–Crippen MR) is 64.6 cm³/mol. The quantitative estimate of drug-likeness (QED) is 0.857. The van der Waals surface area contributed by atoms with E-state index in [9.17, 15) is 8.78 Å². The molecule has 0 atom stereocenters. The van der Waals surface area contributed by atoms with E-state index in [4.69, 9.17) is 0 Å². The van der Waals surface area contributed by atoms with Gasteiger partial charge in [0, 0.05) is 12.1 Å². The average molecular weight is 233 g/mol. The van der Waals surface area contributed by atoms with Gasteiger partial charge in [0.1, 0.15) is 0 Å². The summed E-state index contributed by atoms with van der Waals surface area (Å²) in [6, 6.07) is 11.6. The molecule has 17 heavy (non-hydrogen) atoms. The summed E-state index contributed by atoms with van der Waals surface area (Å²) < 4.78 is 26.9. The molecular formula is C14H13F2N. The van der Waals surface area contributed by atoms with Gasteiger partial charge in [-0.3, -0.25) is 0 Å². The molecule has 2 rings (SSSR count). The first-order valence-corrected chi connectivity index (χ1v) is 5.41. The van der Waals surface area contributed by atoms with Crippen LogP contribution in [0.1, 0.15) is 5.56 Å². The zero-order valence-corrected chi connectivity index (χ0v) is 9.50. The van der Waals surface area contributed by atoms with Crippen molar-refractivity contribution in [2.75, 3.05) is 7.05 Å². The molecule has 0 saturated heterocycles. The van der Waals surface area contributed by atoms with Gasteiger partial charge < -0.3 is 5.32 Å². The normalized spacial score (nSPS) is 10.5. The van der Waals surface area contributed by atoms with E-state index in [-0.39, 0.29) is 0 Å². The van der Waals surface area contributed by atoms with E-state index in [0.29, 0.717) is 12.1 Å². The van der Waals surface area contributed by atoms with Crippen LogP contribution >= 0.6 is 0 Å². The van der Waals surface area contributed by atoms with Crippen LogP contribution in [0, 0.1) is 11.6 Å². The molecule has 0 fully saturated rings. The van der Waals surface area contributed by atoms with E-state index in [1.54, 1.807) is 12.1 Å². The molecule has 0 amide bonds. The van der Waals surface area contributed by atoms with Crippen LogP contribution in [0.5, 0.6) is 0 Å². The van der Waals surface area contributed by atoms with Crippen molar-refractivity contribution < 1.29 is 8.78 Å².